The van der Waals surface area contributed by atoms with E-state index in [0.717, 1.165) is 33.9 Å². The minimum absolute atomic E-state index is 0.0175. The van der Waals surface area contributed by atoms with Crippen molar-refractivity contribution in [2.45, 2.75) is 25.8 Å². The monoisotopic (exact) mass is 418 g/mol. The van der Waals surface area contributed by atoms with Crippen LogP contribution in [-0.4, -0.2) is 37.0 Å². The van der Waals surface area contributed by atoms with Crippen molar-refractivity contribution >= 4 is 17.5 Å². The number of anilines is 1. The fourth-order valence-corrected chi connectivity index (χ4v) is 3.78. The molecule has 0 atom stereocenters. The SMILES string of the molecule is COCC(=O)N1CCc2oc(-c3cccc(NC(=O)CCc4ccccc4)c3)cc2C1. The van der Waals surface area contributed by atoms with E-state index < -0.39 is 0 Å². The largest absolute Gasteiger partial charge is 0.461 e. The molecule has 0 bridgehead atoms. The van der Waals surface area contributed by atoms with E-state index >= 15 is 0 Å². The standard InChI is InChI=1S/C25H26N2O4/c1-30-17-25(29)27-13-12-22-20(16-27)15-23(31-22)19-8-5-9-21(14-19)26-24(28)11-10-18-6-3-2-4-7-18/h2-9,14-15H,10-13,16-17H2,1H3,(H,26,28). The number of hydrogen-bond donors (Lipinski definition) is 1. The molecule has 0 aliphatic carbocycles. The van der Waals surface area contributed by atoms with Gasteiger partial charge in [0, 0.05) is 49.9 Å². The highest BCUT2D eigenvalue weighted by Crippen LogP contribution is 2.31. The van der Waals surface area contributed by atoms with Crippen LogP contribution in [0, 0.1) is 0 Å². The molecule has 2 amide bonds. The summed E-state index contributed by atoms with van der Waals surface area (Å²) in [7, 11) is 1.52. The third-order valence-electron chi connectivity index (χ3n) is 5.40. The lowest BCUT2D eigenvalue weighted by atomic mass is 10.1. The third kappa shape index (κ3) is 5.22. The van der Waals surface area contributed by atoms with Crippen molar-refractivity contribution in [2.75, 3.05) is 25.6 Å². The average molecular weight is 418 g/mol. The lowest BCUT2D eigenvalue weighted by Crippen LogP contribution is -2.37. The number of carbonyl (C=O) groups is 2. The van der Waals surface area contributed by atoms with Crippen molar-refractivity contribution in [1.82, 2.24) is 4.90 Å². The van der Waals surface area contributed by atoms with Crippen molar-refractivity contribution in [3.05, 3.63) is 77.6 Å². The smallest absolute Gasteiger partial charge is 0.248 e. The Morgan fingerprint density at radius 3 is 2.74 bits per heavy atom. The highest BCUT2D eigenvalue weighted by Gasteiger charge is 2.24. The Morgan fingerprint density at radius 2 is 1.94 bits per heavy atom. The Kier molecular flexibility index (Phi) is 6.48. The maximum absolute atomic E-state index is 12.4. The Morgan fingerprint density at radius 1 is 1.10 bits per heavy atom. The summed E-state index contributed by atoms with van der Waals surface area (Å²) in [6, 6.07) is 19.6. The number of hydrogen-bond acceptors (Lipinski definition) is 4. The molecule has 0 spiro atoms. The van der Waals surface area contributed by atoms with E-state index in [2.05, 4.69) is 5.32 Å². The molecule has 31 heavy (non-hydrogen) atoms. The number of nitrogens with zero attached hydrogens (tertiary/aromatic N) is 1. The summed E-state index contributed by atoms with van der Waals surface area (Å²) in [5.74, 6) is 1.61. The molecule has 2 heterocycles. The highest BCUT2D eigenvalue weighted by molar-refractivity contribution is 5.91. The molecule has 3 aromatic rings. The lowest BCUT2D eigenvalue weighted by Gasteiger charge is -2.25. The average Bonchev–Trinajstić information content (AvgIpc) is 3.22. The van der Waals surface area contributed by atoms with Gasteiger partial charge >= 0.3 is 0 Å². The molecule has 0 saturated heterocycles. The van der Waals surface area contributed by atoms with Crippen LogP contribution in [0.25, 0.3) is 11.3 Å². The van der Waals surface area contributed by atoms with E-state index in [-0.39, 0.29) is 18.4 Å². The Hall–Kier alpha value is -3.38. The number of carbonyl (C=O) groups excluding carboxylic acids is 2. The zero-order chi connectivity index (χ0) is 21.6. The first-order chi connectivity index (χ1) is 15.1. The van der Waals surface area contributed by atoms with Crippen LogP contribution in [0.1, 0.15) is 23.3 Å². The fraction of sp³-hybridized carbons (Fsp3) is 0.280. The summed E-state index contributed by atoms with van der Waals surface area (Å²) in [5, 5.41) is 2.97. The van der Waals surface area contributed by atoms with Gasteiger partial charge in [0.15, 0.2) is 0 Å². The summed E-state index contributed by atoms with van der Waals surface area (Å²) in [6.07, 6.45) is 1.81. The quantitative estimate of drug-likeness (QED) is 0.628. The molecule has 1 aliphatic heterocycles. The molecule has 1 aliphatic rings. The molecular weight excluding hydrogens is 392 g/mol. The minimum atomic E-state index is -0.0213. The second kappa shape index (κ2) is 9.62. The van der Waals surface area contributed by atoms with Crippen molar-refractivity contribution < 1.29 is 18.7 Å². The fourth-order valence-electron chi connectivity index (χ4n) is 3.78. The van der Waals surface area contributed by atoms with Crippen molar-refractivity contribution in [2.24, 2.45) is 0 Å². The van der Waals surface area contributed by atoms with Crippen molar-refractivity contribution in [3.63, 3.8) is 0 Å². The zero-order valence-corrected chi connectivity index (χ0v) is 17.6. The first kappa shape index (κ1) is 20.9. The lowest BCUT2D eigenvalue weighted by molar-refractivity contribution is -0.136. The maximum atomic E-state index is 12.4. The molecule has 0 saturated carbocycles. The van der Waals surface area contributed by atoms with Gasteiger partial charge in [0.25, 0.3) is 0 Å². The van der Waals surface area contributed by atoms with E-state index in [0.29, 0.717) is 32.4 Å². The van der Waals surface area contributed by atoms with Crippen LogP contribution >= 0.6 is 0 Å². The molecule has 6 heteroatoms. The molecular formula is C25H26N2O4. The number of fused-ring (bicyclic) bond motifs is 1. The van der Waals surface area contributed by atoms with Crippen molar-refractivity contribution in [1.29, 1.82) is 0 Å². The predicted octanol–water partition coefficient (Wildman–Crippen LogP) is 4.05. The second-order valence-electron chi connectivity index (χ2n) is 7.67. The van der Waals surface area contributed by atoms with E-state index in [1.54, 1.807) is 4.90 Å². The normalized spacial score (nSPS) is 13.0. The van der Waals surface area contributed by atoms with Gasteiger partial charge < -0.3 is 19.4 Å². The van der Waals surface area contributed by atoms with Gasteiger partial charge in [-0.1, -0.05) is 42.5 Å². The van der Waals surface area contributed by atoms with E-state index in [1.807, 2.05) is 60.7 Å². The predicted molar refractivity (Wildman–Crippen MR) is 119 cm³/mol. The minimum Gasteiger partial charge on any atom is -0.461 e. The molecule has 6 nitrogen and oxygen atoms in total. The van der Waals surface area contributed by atoms with Gasteiger partial charge in [-0.15, -0.1) is 0 Å². The summed E-state index contributed by atoms with van der Waals surface area (Å²) >= 11 is 0. The van der Waals surface area contributed by atoms with Gasteiger partial charge in [-0.25, -0.2) is 0 Å². The van der Waals surface area contributed by atoms with Gasteiger partial charge in [-0.3, -0.25) is 9.59 Å². The Labute approximate surface area is 181 Å². The van der Waals surface area contributed by atoms with E-state index in [4.69, 9.17) is 9.15 Å². The van der Waals surface area contributed by atoms with Gasteiger partial charge in [-0.05, 0) is 30.2 Å². The number of rotatable bonds is 7. The first-order valence-electron chi connectivity index (χ1n) is 10.4. The molecule has 1 aromatic heterocycles. The maximum Gasteiger partial charge on any atom is 0.248 e. The molecule has 0 radical (unpaired) electrons. The van der Waals surface area contributed by atoms with Crippen LogP contribution in [0.4, 0.5) is 5.69 Å². The number of nitrogens with one attached hydrogen (secondary N) is 1. The van der Waals surface area contributed by atoms with Crippen LogP contribution in [0.15, 0.2) is 65.1 Å². The Bertz CT molecular complexity index is 1060. The van der Waals surface area contributed by atoms with Crippen molar-refractivity contribution in [3.8, 4) is 11.3 Å². The van der Waals surface area contributed by atoms with Crippen LogP contribution in [0.3, 0.4) is 0 Å². The Balaban J connectivity index is 1.41. The number of furan rings is 1. The summed E-state index contributed by atoms with van der Waals surface area (Å²) in [6.45, 7) is 1.24. The van der Waals surface area contributed by atoms with Crippen LogP contribution < -0.4 is 5.32 Å². The van der Waals surface area contributed by atoms with Gasteiger partial charge in [-0.2, -0.15) is 0 Å². The number of aryl methyl sites for hydroxylation is 1. The number of methoxy groups -OCH3 is 1. The van der Waals surface area contributed by atoms with Gasteiger partial charge in [0.05, 0.1) is 0 Å². The number of ether oxygens (including phenoxy) is 1. The molecule has 2 aromatic carbocycles. The third-order valence-corrected chi connectivity index (χ3v) is 5.40. The van der Waals surface area contributed by atoms with Crippen LogP contribution in [-0.2, 0) is 33.7 Å². The molecule has 0 unspecified atom stereocenters. The van der Waals surface area contributed by atoms with E-state index in [9.17, 15) is 9.59 Å². The number of amides is 2. The van der Waals surface area contributed by atoms with Crippen LogP contribution in [0.2, 0.25) is 0 Å². The van der Waals surface area contributed by atoms with Gasteiger partial charge in [0.2, 0.25) is 11.8 Å². The summed E-state index contributed by atoms with van der Waals surface area (Å²) in [5.41, 5.74) is 3.79. The highest BCUT2D eigenvalue weighted by atomic mass is 16.5. The molecule has 1 N–H and O–H groups in total. The second-order valence-corrected chi connectivity index (χ2v) is 7.67. The van der Waals surface area contributed by atoms with Gasteiger partial charge in [0.1, 0.15) is 18.1 Å². The molecule has 0 fully saturated rings. The molecule has 160 valence electrons. The zero-order valence-electron chi connectivity index (χ0n) is 17.6. The number of benzene rings is 2. The topological polar surface area (TPSA) is 71.8 Å². The van der Waals surface area contributed by atoms with E-state index in [1.165, 1.54) is 7.11 Å². The molecule has 4 rings (SSSR count). The summed E-state index contributed by atoms with van der Waals surface area (Å²) < 4.78 is 11.0. The van der Waals surface area contributed by atoms with Crippen LogP contribution in [0.5, 0.6) is 0 Å². The summed E-state index contributed by atoms with van der Waals surface area (Å²) in [4.78, 5) is 26.3. The first-order valence-corrected chi connectivity index (χ1v) is 10.4.